The Morgan fingerprint density at radius 3 is 2.62 bits per heavy atom. The lowest BCUT2D eigenvalue weighted by Gasteiger charge is -2.32. The van der Waals surface area contributed by atoms with Crippen LogP contribution in [-0.2, 0) is 0 Å². The lowest BCUT2D eigenvalue weighted by molar-refractivity contribution is 0.0690. The molecule has 1 aromatic rings. The number of halogens is 3. The van der Waals surface area contributed by atoms with Crippen LogP contribution in [0.5, 0.6) is 0 Å². The molecule has 0 radical (unpaired) electrons. The molecule has 0 atom stereocenters. The Kier molecular flexibility index (Phi) is 10.2. The number of hydrogen-bond donors (Lipinski definition) is 1. The number of pyridine rings is 1. The molecule has 1 N–H and O–H groups in total. The van der Waals surface area contributed by atoms with Crippen molar-refractivity contribution in [3.05, 3.63) is 28.5 Å². The maximum Gasteiger partial charge on any atom is 0.255 e. The Bertz CT molecular complexity index is 440. The van der Waals surface area contributed by atoms with Gasteiger partial charge in [-0.05, 0) is 53.8 Å². The Balaban J connectivity index is 0.00000200. The van der Waals surface area contributed by atoms with Crippen molar-refractivity contribution in [2.45, 2.75) is 19.8 Å². The first-order chi connectivity index (χ1) is 9.20. The molecule has 1 aliphatic rings. The zero-order valence-corrected chi connectivity index (χ0v) is 15.3. The first kappa shape index (κ1) is 20.6. The molecule has 0 bridgehead atoms. The van der Waals surface area contributed by atoms with E-state index >= 15 is 0 Å². The van der Waals surface area contributed by atoms with Crippen LogP contribution in [0, 0.1) is 5.92 Å². The third-order valence-electron chi connectivity index (χ3n) is 3.54. The van der Waals surface area contributed by atoms with Crippen LogP contribution in [0.3, 0.4) is 0 Å². The van der Waals surface area contributed by atoms with Crippen molar-refractivity contribution >= 4 is 46.7 Å². The van der Waals surface area contributed by atoms with Gasteiger partial charge in [-0.15, -0.1) is 24.8 Å². The van der Waals surface area contributed by atoms with Crippen LogP contribution < -0.4 is 5.32 Å². The van der Waals surface area contributed by atoms with Crippen LogP contribution in [0.1, 0.15) is 30.1 Å². The van der Waals surface area contributed by atoms with E-state index in [0.29, 0.717) is 11.5 Å². The van der Waals surface area contributed by atoms with Crippen LogP contribution >= 0.6 is 40.7 Å². The van der Waals surface area contributed by atoms with Gasteiger partial charge < -0.3 is 10.2 Å². The summed E-state index contributed by atoms with van der Waals surface area (Å²) in [5.41, 5.74) is 0.666. The highest BCUT2D eigenvalue weighted by atomic mass is 79.9. The fraction of sp³-hybridized carbons (Fsp3) is 0.571. The van der Waals surface area contributed by atoms with E-state index in [1.165, 1.54) is 0 Å². The molecule has 2 heterocycles. The van der Waals surface area contributed by atoms with E-state index in [1.54, 1.807) is 12.4 Å². The first-order valence-corrected chi connectivity index (χ1v) is 7.60. The minimum Gasteiger partial charge on any atom is -0.339 e. The van der Waals surface area contributed by atoms with Crippen LogP contribution in [0.2, 0.25) is 0 Å². The summed E-state index contributed by atoms with van der Waals surface area (Å²) in [6.07, 6.45) is 5.50. The topological polar surface area (TPSA) is 45.2 Å². The van der Waals surface area contributed by atoms with Gasteiger partial charge in [-0.1, -0.05) is 6.92 Å². The first-order valence-electron chi connectivity index (χ1n) is 6.81. The second kappa shape index (κ2) is 10.4. The van der Waals surface area contributed by atoms with Crippen LogP contribution in [-0.4, -0.2) is 42.0 Å². The SMILES string of the molecule is CCNCC1CCN(C(=O)c2cncc(Br)c2)CC1.Cl.Cl. The largest absolute Gasteiger partial charge is 0.339 e. The van der Waals surface area contributed by atoms with E-state index in [0.717, 1.165) is 43.5 Å². The minimum absolute atomic E-state index is 0. The highest BCUT2D eigenvalue weighted by Gasteiger charge is 2.23. The number of hydrogen-bond acceptors (Lipinski definition) is 3. The normalized spacial score (nSPS) is 15.0. The molecule has 120 valence electrons. The number of rotatable bonds is 4. The molecule has 7 heteroatoms. The monoisotopic (exact) mass is 397 g/mol. The molecule has 2 rings (SSSR count). The Hall–Kier alpha value is -0.360. The van der Waals surface area contributed by atoms with Crippen molar-refractivity contribution in [3.63, 3.8) is 0 Å². The van der Waals surface area contributed by atoms with Gasteiger partial charge in [0.2, 0.25) is 0 Å². The van der Waals surface area contributed by atoms with E-state index < -0.39 is 0 Å². The second-order valence-electron chi connectivity index (χ2n) is 4.94. The van der Waals surface area contributed by atoms with E-state index in [1.807, 2.05) is 11.0 Å². The standard InChI is InChI=1S/C14H20BrN3O.2ClH/c1-2-16-8-11-3-5-18(6-4-11)14(19)12-7-13(15)10-17-9-12;;/h7,9-11,16H,2-6,8H2,1H3;2*1H. The third-order valence-corrected chi connectivity index (χ3v) is 3.97. The van der Waals surface area contributed by atoms with Gasteiger partial charge in [0.05, 0.1) is 5.56 Å². The molecule has 4 nitrogen and oxygen atoms in total. The molecule has 0 aliphatic carbocycles. The summed E-state index contributed by atoms with van der Waals surface area (Å²) in [7, 11) is 0. The number of amides is 1. The molecule has 0 aromatic carbocycles. The van der Waals surface area contributed by atoms with Gasteiger partial charge in [-0.3, -0.25) is 9.78 Å². The molecule has 0 saturated carbocycles. The van der Waals surface area contributed by atoms with Crippen molar-refractivity contribution in [2.24, 2.45) is 5.92 Å². The molecule has 0 spiro atoms. The summed E-state index contributed by atoms with van der Waals surface area (Å²) in [5, 5.41) is 3.38. The molecule has 21 heavy (non-hydrogen) atoms. The van der Waals surface area contributed by atoms with Gasteiger partial charge in [0.25, 0.3) is 5.91 Å². The van der Waals surface area contributed by atoms with Crippen molar-refractivity contribution in [2.75, 3.05) is 26.2 Å². The van der Waals surface area contributed by atoms with E-state index in [2.05, 4.69) is 33.2 Å². The maximum atomic E-state index is 12.3. The fourth-order valence-corrected chi connectivity index (χ4v) is 2.76. The lowest BCUT2D eigenvalue weighted by Crippen LogP contribution is -2.40. The molecule has 1 saturated heterocycles. The van der Waals surface area contributed by atoms with E-state index in [4.69, 9.17) is 0 Å². The summed E-state index contributed by atoms with van der Waals surface area (Å²) in [5.74, 6) is 0.792. The van der Waals surface area contributed by atoms with Crippen LogP contribution in [0.25, 0.3) is 0 Å². The van der Waals surface area contributed by atoms with Gasteiger partial charge in [0.15, 0.2) is 0 Å². The quantitative estimate of drug-likeness (QED) is 0.847. The number of aromatic nitrogens is 1. The Morgan fingerprint density at radius 2 is 2.05 bits per heavy atom. The minimum atomic E-state index is 0. The maximum absolute atomic E-state index is 12.3. The Labute approximate surface area is 147 Å². The fourth-order valence-electron chi connectivity index (χ4n) is 2.40. The summed E-state index contributed by atoms with van der Waals surface area (Å²) >= 11 is 3.35. The number of carbonyl (C=O) groups excluding carboxylic acids is 1. The van der Waals surface area contributed by atoms with Gasteiger partial charge in [-0.25, -0.2) is 0 Å². The van der Waals surface area contributed by atoms with Crippen molar-refractivity contribution in [3.8, 4) is 0 Å². The van der Waals surface area contributed by atoms with Crippen molar-refractivity contribution in [1.29, 1.82) is 0 Å². The number of nitrogens with one attached hydrogen (secondary N) is 1. The third kappa shape index (κ3) is 6.10. The predicted octanol–water partition coefficient (Wildman–Crippen LogP) is 3.15. The van der Waals surface area contributed by atoms with Gasteiger partial charge in [-0.2, -0.15) is 0 Å². The summed E-state index contributed by atoms with van der Waals surface area (Å²) in [4.78, 5) is 18.3. The second-order valence-corrected chi connectivity index (χ2v) is 5.85. The van der Waals surface area contributed by atoms with E-state index in [9.17, 15) is 4.79 Å². The predicted molar refractivity (Wildman–Crippen MR) is 93.6 cm³/mol. The molecule has 1 aliphatic heterocycles. The van der Waals surface area contributed by atoms with Crippen molar-refractivity contribution in [1.82, 2.24) is 15.2 Å². The van der Waals surface area contributed by atoms with Gasteiger partial charge in [0.1, 0.15) is 0 Å². The lowest BCUT2D eigenvalue weighted by atomic mass is 9.96. The number of likely N-dealkylation sites (tertiary alicyclic amines) is 1. The average Bonchev–Trinajstić information content (AvgIpc) is 2.45. The Morgan fingerprint density at radius 1 is 1.38 bits per heavy atom. The zero-order valence-electron chi connectivity index (χ0n) is 12.0. The van der Waals surface area contributed by atoms with Gasteiger partial charge in [0, 0.05) is 30.0 Å². The number of piperidine rings is 1. The molecular weight excluding hydrogens is 377 g/mol. The van der Waals surface area contributed by atoms with E-state index in [-0.39, 0.29) is 30.7 Å². The summed E-state index contributed by atoms with van der Waals surface area (Å²) in [6.45, 7) is 5.90. The van der Waals surface area contributed by atoms with Crippen molar-refractivity contribution < 1.29 is 4.79 Å². The molecule has 1 amide bonds. The van der Waals surface area contributed by atoms with Crippen LogP contribution in [0.15, 0.2) is 22.9 Å². The summed E-state index contributed by atoms with van der Waals surface area (Å²) in [6, 6.07) is 1.83. The summed E-state index contributed by atoms with van der Waals surface area (Å²) < 4.78 is 0.848. The smallest absolute Gasteiger partial charge is 0.255 e. The molecular formula is C14H22BrCl2N3O. The van der Waals surface area contributed by atoms with Crippen LogP contribution in [0.4, 0.5) is 0 Å². The highest BCUT2D eigenvalue weighted by Crippen LogP contribution is 2.19. The number of carbonyl (C=O) groups is 1. The van der Waals surface area contributed by atoms with Gasteiger partial charge >= 0.3 is 0 Å². The molecule has 1 fully saturated rings. The average molecular weight is 399 g/mol. The molecule has 0 unspecified atom stereocenters. The zero-order chi connectivity index (χ0) is 13.7. The highest BCUT2D eigenvalue weighted by molar-refractivity contribution is 9.10. The number of nitrogens with zero attached hydrogens (tertiary/aromatic N) is 2. The molecule has 1 aromatic heterocycles.